The summed E-state index contributed by atoms with van der Waals surface area (Å²) in [5, 5.41) is 2.96. The molecule has 3 atom stereocenters. The van der Waals surface area contributed by atoms with Crippen LogP contribution in [0.4, 0.5) is 0 Å². The van der Waals surface area contributed by atoms with Gasteiger partial charge >= 0.3 is 0 Å². The van der Waals surface area contributed by atoms with E-state index in [4.69, 9.17) is 10.2 Å². The predicted octanol–water partition coefficient (Wildman–Crippen LogP) is 1.42. The van der Waals surface area contributed by atoms with Gasteiger partial charge in [0.05, 0.1) is 12.0 Å². The third kappa shape index (κ3) is 2.11. The van der Waals surface area contributed by atoms with E-state index in [2.05, 4.69) is 5.32 Å². The highest BCUT2D eigenvalue weighted by molar-refractivity contribution is 5.82. The molecule has 88 valence electrons. The van der Waals surface area contributed by atoms with Crippen molar-refractivity contribution in [1.29, 1.82) is 0 Å². The van der Waals surface area contributed by atoms with E-state index in [0.717, 1.165) is 23.5 Å². The normalized spacial score (nSPS) is 25.2. The molecule has 1 aromatic heterocycles. The Morgan fingerprint density at radius 3 is 2.69 bits per heavy atom. The van der Waals surface area contributed by atoms with Crippen LogP contribution < -0.4 is 11.1 Å². The number of rotatable bonds is 3. The van der Waals surface area contributed by atoms with Gasteiger partial charge in [-0.3, -0.25) is 4.79 Å². The number of nitrogens with one attached hydrogen (secondary N) is 1. The number of carbonyl (C=O) groups is 1. The Hall–Kier alpha value is -1.29. The number of hydrogen-bond donors (Lipinski definition) is 2. The number of furan rings is 1. The Labute approximate surface area is 95.2 Å². The van der Waals surface area contributed by atoms with Crippen molar-refractivity contribution in [3.63, 3.8) is 0 Å². The molecule has 0 bridgehead atoms. The van der Waals surface area contributed by atoms with E-state index < -0.39 is 0 Å². The van der Waals surface area contributed by atoms with Crippen LogP contribution in [0, 0.1) is 19.8 Å². The van der Waals surface area contributed by atoms with Crippen molar-refractivity contribution in [1.82, 2.24) is 5.32 Å². The van der Waals surface area contributed by atoms with Crippen molar-refractivity contribution in [3.8, 4) is 0 Å². The van der Waals surface area contributed by atoms with Crippen LogP contribution in [0.15, 0.2) is 10.5 Å². The summed E-state index contributed by atoms with van der Waals surface area (Å²) in [5.41, 5.74) is 6.68. The second kappa shape index (κ2) is 3.94. The van der Waals surface area contributed by atoms with Crippen molar-refractivity contribution in [2.24, 2.45) is 11.7 Å². The molecule has 0 radical (unpaired) electrons. The van der Waals surface area contributed by atoms with Crippen LogP contribution in [0.1, 0.15) is 36.5 Å². The van der Waals surface area contributed by atoms with Crippen molar-refractivity contribution < 1.29 is 9.21 Å². The summed E-state index contributed by atoms with van der Waals surface area (Å²) in [5.74, 6) is 1.80. The van der Waals surface area contributed by atoms with Gasteiger partial charge in [-0.25, -0.2) is 0 Å². The van der Waals surface area contributed by atoms with Crippen LogP contribution in [0.5, 0.6) is 0 Å². The molecule has 1 amide bonds. The highest BCUT2D eigenvalue weighted by atomic mass is 16.3. The SMILES string of the molecule is Cc1cc(C(C)NC(=O)C2CC2N)c(C)o1. The van der Waals surface area contributed by atoms with Gasteiger partial charge in [-0.05, 0) is 33.3 Å². The molecule has 1 heterocycles. The Kier molecular flexibility index (Phi) is 2.76. The minimum atomic E-state index is -0.0160. The molecule has 0 aliphatic heterocycles. The molecule has 16 heavy (non-hydrogen) atoms. The maximum atomic E-state index is 11.7. The second-order valence-corrected chi connectivity index (χ2v) is 4.60. The summed E-state index contributed by atoms with van der Waals surface area (Å²) in [6, 6.07) is 2.00. The zero-order chi connectivity index (χ0) is 11.9. The molecule has 1 saturated carbocycles. The molecular formula is C12H18N2O2. The molecule has 4 heteroatoms. The Bertz CT molecular complexity index is 411. The van der Waals surface area contributed by atoms with Crippen LogP contribution in [-0.4, -0.2) is 11.9 Å². The number of carbonyl (C=O) groups excluding carboxylic acids is 1. The highest BCUT2D eigenvalue weighted by Crippen LogP contribution is 2.29. The van der Waals surface area contributed by atoms with Crippen LogP contribution in [0.25, 0.3) is 0 Å². The number of amides is 1. The molecule has 1 aromatic rings. The summed E-state index contributed by atoms with van der Waals surface area (Å²) in [6.07, 6.45) is 0.807. The zero-order valence-electron chi connectivity index (χ0n) is 9.91. The predicted molar refractivity (Wildman–Crippen MR) is 60.8 cm³/mol. The van der Waals surface area contributed by atoms with Gasteiger partial charge in [-0.15, -0.1) is 0 Å². The Balaban J connectivity index is 2.00. The largest absolute Gasteiger partial charge is 0.466 e. The van der Waals surface area contributed by atoms with Gasteiger partial charge in [-0.2, -0.15) is 0 Å². The fourth-order valence-electron chi connectivity index (χ4n) is 1.99. The van der Waals surface area contributed by atoms with Gasteiger partial charge in [0.2, 0.25) is 5.91 Å². The summed E-state index contributed by atoms with van der Waals surface area (Å²) in [6.45, 7) is 5.78. The lowest BCUT2D eigenvalue weighted by Gasteiger charge is -2.12. The molecule has 2 rings (SSSR count). The quantitative estimate of drug-likeness (QED) is 0.812. The summed E-state index contributed by atoms with van der Waals surface area (Å²) < 4.78 is 5.44. The van der Waals surface area contributed by atoms with Gasteiger partial charge in [0.25, 0.3) is 0 Å². The first-order chi connectivity index (χ1) is 7.49. The number of hydrogen-bond acceptors (Lipinski definition) is 3. The van der Waals surface area contributed by atoms with Crippen LogP contribution in [0.2, 0.25) is 0 Å². The van der Waals surface area contributed by atoms with E-state index in [-0.39, 0.29) is 23.9 Å². The molecule has 1 aliphatic rings. The molecule has 0 saturated heterocycles. The van der Waals surface area contributed by atoms with Crippen LogP contribution >= 0.6 is 0 Å². The lowest BCUT2D eigenvalue weighted by molar-refractivity contribution is -0.123. The Morgan fingerprint density at radius 1 is 1.62 bits per heavy atom. The third-order valence-electron chi connectivity index (χ3n) is 3.08. The van der Waals surface area contributed by atoms with Crippen LogP contribution in [-0.2, 0) is 4.79 Å². The monoisotopic (exact) mass is 222 g/mol. The second-order valence-electron chi connectivity index (χ2n) is 4.60. The van der Waals surface area contributed by atoms with Gasteiger partial charge in [0, 0.05) is 11.6 Å². The van der Waals surface area contributed by atoms with Gasteiger partial charge in [0.15, 0.2) is 0 Å². The fourth-order valence-corrected chi connectivity index (χ4v) is 1.99. The van der Waals surface area contributed by atoms with Gasteiger partial charge < -0.3 is 15.5 Å². The lowest BCUT2D eigenvalue weighted by Crippen LogP contribution is -2.30. The van der Waals surface area contributed by atoms with E-state index in [1.807, 2.05) is 26.8 Å². The Morgan fingerprint density at radius 2 is 2.25 bits per heavy atom. The summed E-state index contributed by atoms with van der Waals surface area (Å²) in [7, 11) is 0. The van der Waals surface area contributed by atoms with Crippen molar-refractivity contribution in [2.45, 2.75) is 39.3 Å². The minimum Gasteiger partial charge on any atom is -0.466 e. The van der Waals surface area contributed by atoms with E-state index in [1.165, 1.54) is 0 Å². The summed E-state index contributed by atoms with van der Waals surface area (Å²) >= 11 is 0. The third-order valence-corrected chi connectivity index (χ3v) is 3.08. The zero-order valence-corrected chi connectivity index (χ0v) is 9.91. The first-order valence-corrected chi connectivity index (χ1v) is 5.62. The first-order valence-electron chi connectivity index (χ1n) is 5.62. The molecule has 1 fully saturated rings. The average Bonchev–Trinajstić information content (AvgIpc) is 2.81. The molecule has 3 N–H and O–H groups in total. The van der Waals surface area contributed by atoms with E-state index in [9.17, 15) is 4.79 Å². The average molecular weight is 222 g/mol. The van der Waals surface area contributed by atoms with Crippen molar-refractivity contribution in [2.75, 3.05) is 0 Å². The molecule has 3 unspecified atom stereocenters. The van der Waals surface area contributed by atoms with E-state index in [1.54, 1.807) is 0 Å². The van der Waals surface area contributed by atoms with Gasteiger partial charge in [-0.1, -0.05) is 0 Å². The molecule has 0 aromatic carbocycles. The smallest absolute Gasteiger partial charge is 0.225 e. The lowest BCUT2D eigenvalue weighted by atomic mass is 10.1. The molecule has 1 aliphatic carbocycles. The maximum Gasteiger partial charge on any atom is 0.225 e. The minimum absolute atomic E-state index is 0.00996. The van der Waals surface area contributed by atoms with Crippen molar-refractivity contribution >= 4 is 5.91 Å². The molecule has 0 spiro atoms. The fraction of sp³-hybridized carbons (Fsp3) is 0.583. The van der Waals surface area contributed by atoms with E-state index in [0.29, 0.717) is 0 Å². The van der Waals surface area contributed by atoms with E-state index >= 15 is 0 Å². The van der Waals surface area contributed by atoms with Crippen LogP contribution in [0.3, 0.4) is 0 Å². The summed E-state index contributed by atoms with van der Waals surface area (Å²) in [4.78, 5) is 11.7. The highest BCUT2D eigenvalue weighted by Gasteiger charge is 2.40. The molecular weight excluding hydrogens is 204 g/mol. The number of aryl methyl sites for hydroxylation is 2. The topological polar surface area (TPSA) is 68.3 Å². The van der Waals surface area contributed by atoms with Gasteiger partial charge in [0.1, 0.15) is 11.5 Å². The maximum absolute atomic E-state index is 11.7. The van der Waals surface area contributed by atoms with Crippen molar-refractivity contribution in [3.05, 3.63) is 23.2 Å². The number of nitrogens with two attached hydrogens (primary N) is 1. The first kappa shape index (κ1) is 11.2. The molecule has 4 nitrogen and oxygen atoms in total. The standard InChI is InChI=1S/C12H18N2O2/c1-6-4-9(8(3)16-6)7(2)14-12(15)10-5-11(10)13/h4,7,10-11H,5,13H2,1-3H3,(H,14,15).